The lowest BCUT2D eigenvalue weighted by atomic mass is 10.1. The first-order valence-corrected chi connectivity index (χ1v) is 7.76. The Labute approximate surface area is 132 Å². The van der Waals surface area contributed by atoms with Gasteiger partial charge in [0.25, 0.3) is 0 Å². The third kappa shape index (κ3) is 8.47. The molecule has 1 aromatic rings. The van der Waals surface area contributed by atoms with Crippen LogP contribution in [-0.2, 0) is 9.53 Å². The van der Waals surface area contributed by atoms with Crippen LogP contribution >= 0.6 is 0 Å². The zero-order chi connectivity index (χ0) is 16.2. The second kappa shape index (κ2) is 10.9. The highest BCUT2D eigenvalue weighted by Crippen LogP contribution is 2.13. The van der Waals surface area contributed by atoms with E-state index in [1.165, 1.54) is 0 Å². The van der Waals surface area contributed by atoms with Gasteiger partial charge >= 0.3 is 5.97 Å². The first-order chi connectivity index (χ1) is 10.6. The lowest BCUT2D eigenvalue weighted by Gasteiger charge is -2.11. The molecule has 4 nitrogen and oxygen atoms in total. The number of carbonyl (C=O) groups is 1. The summed E-state index contributed by atoms with van der Waals surface area (Å²) >= 11 is 0. The standard InChI is InChI=1S/C18H26O4/c1-15(22-14-6-5-9-18(19)20)7-3-4-8-16-10-12-17(21-2)13-11-16/h4,8,10-13,15H,3,5-7,9,14H2,1-2H3,(H,19,20). The largest absolute Gasteiger partial charge is 0.497 e. The van der Waals surface area contributed by atoms with Gasteiger partial charge in [-0.05, 0) is 50.3 Å². The molecule has 22 heavy (non-hydrogen) atoms. The van der Waals surface area contributed by atoms with E-state index in [9.17, 15) is 4.79 Å². The Morgan fingerprint density at radius 1 is 1.27 bits per heavy atom. The van der Waals surface area contributed by atoms with Crippen LogP contribution < -0.4 is 4.74 Å². The van der Waals surface area contributed by atoms with Gasteiger partial charge in [0.05, 0.1) is 13.2 Å². The number of carboxylic acid groups (broad SMARTS) is 1. The van der Waals surface area contributed by atoms with Crippen molar-refractivity contribution in [1.29, 1.82) is 0 Å². The second-order valence-electron chi connectivity index (χ2n) is 5.29. The van der Waals surface area contributed by atoms with Gasteiger partial charge in [-0.1, -0.05) is 24.3 Å². The number of rotatable bonds is 11. The number of aliphatic carboxylic acids is 1. The van der Waals surface area contributed by atoms with Crippen molar-refractivity contribution in [1.82, 2.24) is 0 Å². The summed E-state index contributed by atoms with van der Waals surface area (Å²) in [4.78, 5) is 10.4. The molecular formula is C18H26O4. The van der Waals surface area contributed by atoms with Gasteiger partial charge in [0.15, 0.2) is 0 Å². The van der Waals surface area contributed by atoms with Crippen LogP contribution in [0.4, 0.5) is 0 Å². The van der Waals surface area contributed by atoms with E-state index in [0.29, 0.717) is 13.0 Å². The minimum absolute atomic E-state index is 0.199. The number of hydrogen-bond donors (Lipinski definition) is 1. The fourth-order valence-electron chi connectivity index (χ4n) is 2.01. The average molecular weight is 306 g/mol. The number of hydrogen-bond acceptors (Lipinski definition) is 3. The van der Waals surface area contributed by atoms with Crippen LogP contribution in [0, 0.1) is 0 Å². The first kappa shape index (κ1) is 18.2. The highest BCUT2D eigenvalue weighted by atomic mass is 16.5. The van der Waals surface area contributed by atoms with E-state index in [2.05, 4.69) is 19.1 Å². The number of allylic oxidation sites excluding steroid dienone is 1. The average Bonchev–Trinajstić information content (AvgIpc) is 2.51. The first-order valence-electron chi connectivity index (χ1n) is 7.76. The Morgan fingerprint density at radius 3 is 2.64 bits per heavy atom. The van der Waals surface area contributed by atoms with Gasteiger partial charge in [-0.15, -0.1) is 0 Å². The molecule has 0 aromatic heterocycles. The molecule has 1 rings (SSSR count). The third-order valence-electron chi connectivity index (χ3n) is 3.35. The molecule has 0 amide bonds. The summed E-state index contributed by atoms with van der Waals surface area (Å²) in [5, 5.41) is 8.53. The topological polar surface area (TPSA) is 55.8 Å². The molecular weight excluding hydrogens is 280 g/mol. The summed E-state index contributed by atoms with van der Waals surface area (Å²) in [6, 6.07) is 7.94. The molecule has 0 bridgehead atoms. The molecule has 1 aromatic carbocycles. The maximum absolute atomic E-state index is 10.4. The Balaban J connectivity index is 2.11. The van der Waals surface area contributed by atoms with Gasteiger partial charge in [0, 0.05) is 13.0 Å². The summed E-state index contributed by atoms with van der Waals surface area (Å²) in [7, 11) is 1.66. The summed E-state index contributed by atoms with van der Waals surface area (Å²) in [6.07, 6.45) is 8.07. The number of carboxylic acids is 1. The van der Waals surface area contributed by atoms with Crippen LogP contribution in [0.5, 0.6) is 5.75 Å². The highest BCUT2D eigenvalue weighted by Gasteiger charge is 2.01. The van der Waals surface area contributed by atoms with Crippen molar-refractivity contribution in [3.05, 3.63) is 35.9 Å². The molecule has 0 heterocycles. The Kier molecular flexibility index (Phi) is 9.00. The van der Waals surface area contributed by atoms with Crippen molar-refractivity contribution in [3.63, 3.8) is 0 Å². The van der Waals surface area contributed by atoms with Crippen molar-refractivity contribution in [2.24, 2.45) is 0 Å². The molecule has 0 aliphatic rings. The van der Waals surface area contributed by atoms with Crippen LogP contribution in [0.2, 0.25) is 0 Å². The number of benzene rings is 1. The van der Waals surface area contributed by atoms with E-state index in [4.69, 9.17) is 14.6 Å². The molecule has 122 valence electrons. The quantitative estimate of drug-likeness (QED) is 0.624. The van der Waals surface area contributed by atoms with E-state index in [1.807, 2.05) is 24.3 Å². The van der Waals surface area contributed by atoms with Gasteiger partial charge in [0.2, 0.25) is 0 Å². The minimum atomic E-state index is -0.739. The van der Waals surface area contributed by atoms with E-state index >= 15 is 0 Å². The van der Waals surface area contributed by atoms with E-state index in [0.717, 1.165) is 30.6 Å². The normalized spacial score (nSPS) is 12.5. The minimum Gasteiger partial charge on any atom is -0.497 e. The summed E-state index contributed by atoms with van der Waals surface area (Å²) in [5.41, 5.74) is 1.16. The number of ether oxygens (including phenoxy) is 2. The Hall–Kier alpha value is -1.81. The molecule has 0 aliphatic heterocycles. The summed E-state index contributed by atoms with van der Waals surface area (Å²) in [6.45, 7) is 2.69. The molecule has 0 aliphatic carbocycles. The highest BCUT2D eigenvalue weighted by molar-refractivity contribution is 5.66. The zero-order valence-corrected chi connectivity index (χ0v) is 13.5. The predicted molar refractivity (Wildman–Crippen MR) is 88.2 cm³/mol. The van der Waals surface area contributed by atoms with Gasteiger partial charge in [-0.2, -0.15) is 0 Å². The number of methoxy groups -OCH3 is 1. The van der Waals surface area contributed by atoms with Gasteiger partial charge < -0.3 is 14.6 Å². The fraction of sp³-hybridized carbons (Fsp3) is 0.500. The third-order valence-corrected chi connectivity index (χ3v) is 3.35. The van der Waals surface area contributed by atoms with Crippen molar-refractivity contribution in [2.45, 2.75) is 45.1 Å². The second-order valence-corrected chi connectivity index (χ2v) is 5.29. The van der Waals surface area contributed by atoms with Crippen LogP contribution in [0.15, 0.2) is 30.3 Å². The molecule has 1 N–H and O–H groups in total. The molecule has 0 radical (unpaired) electrons. The SMILES string of the molecule is COc1ccc(C=CCCC(C)OCCCCC(=O)O)cc1. The van der Waals surface area contributed by atoms with Crippen LogP contribution in [0.3, 0.4) is 0 Å². The summed E-state index contributed by atoms with van der Waals surface area (Å²) < 4.78 is 10.8. The Morgan fingerprint density at radius 2 is 2.00 bits per heavy atom. The lowest BCUT2D eigenvalue weighted by Crippen LogP contribution is -2.09. The maximum atomic E-state index is 10.4. The molecule has 0 saturated carbocycles. The molecule has 0 saturated heterocycles. The van der Waals surface area contributed by atoms with E-state index < -0.39 is 5.97 Å². The lowest BCUT2D eigenvalue weighted by molar-refractivity contribution is -0.137. The molecule has 1 atom stereocenters. The Bertz CT molecular complexity index is 451. The molecule has 0 spiro atoms. The van der Waals surface area contributed by atoms with Gasteiger partial charge in [0.1, 0.15) is 5.75 Å². The van der Waals surface area contributed by atoms with Crippen LogP contribution in [-0.4, -0.2) is 30.9 Å². The van der Waals surface area contributed by atoms with Crippen molar-refractivity contribution >= 4 is 12.0 Å². The van der Waals surface area contributed by atoms with Crippen LogP contribution in [0.25, 0.3) is 6.08 Å². The summed E-state index contributed by atoms with van der Waals surface area (Å²) in [5.74, 6) is 0.124. The van der Waals surface area contributed by atoms with E-state index in [-0.39, 0.29) is 12.5 Å². The van der Waals surface area contributed by atoms with Crippen molar-refractivity contribution < 1.29 is 19.4 Å². The fourth-order valence-corrected chi connectivity index (χ4v) is 2.01. The van der Waals surface area contributed by atoms with E-state index in [1.54, 1.807) is 7.11 Å². The molecule has 0 fully saturated rings. The smallest absolute Gasteiger partial charge is 0.303 e. The van der Waals surface area contributed by atoms with Crippen LogP contribution in [0.1, 0.15) is 44.6 Å². The molecule has 1 unspecified atom stereocenters. The van der Waals surface area contributed by atoms with Gasteiger partial charge in [-0.25, -0.2) is 0 Å². The van der Waals surface area contributed by atoms with Crippen molar-refractivity contribution in [2.75, 3.05) is 13.7 Å². The predicted octanol–water partition coefficient (Wildman–Crippen LogP) is 4.15. The van der Waals surface area contributed by atoms with Gasteiger partial charge in [-0.3, -0.25) is 4.79 Å². The monoisotopic (exact) mass is 306 g/mol. The maximum Gasteiger partial charge on any atom is 0.303 e. The zero-order valence-electron chi connectivity index (χ0n) is 13.5. The molecule has 4 heteroatoms. The van der Waals surface area contributed by atoms with Crippen molar-refractivity contribution in [3.8, 4) is 5.75 Å². The number of unbranched alkanes of at least 4 members (excludes halogenated alkanes) is 1.